The van der Waals surface area contributed by atoms with Crippen molar-refractivity contribution in [2.24, 2.45) is 0 Å². The van der Waals surface area contributed by atoms with Crippen LogP contribution >= 0.6 is 11.6 Å². The Hall–Kier alpha value is -3.58. The minimum absolute atomic E-state index is 0.233. The van der Waals surface area contributed by atoms with E-state index in [2.05, 4.69) is 16.0 Å². The lowest BCUT2D eigenvalue weighted by atomic mass is 10.1. The van der Waals surface area contributed by atoms with Crippen LogP contribution in [0.25, 0.3) is 0 Å². The van der Waals surface area contributed by atoms with Crippen molar-refractivity contribution in [2.45, 2.75) is 6.54 Å². The highest BCUT2D eigenvalue weighted by Crippen LogP contribution is 2.37. The second-order valence-electron chi connectivity index (χ2n) is 6.34. The lowest BCUT2D eigenvalue weighted by Gasteiger charge is -2.11. The van der Waals surface area contributed by atoms with Crippen LogP contribution in [-0.2, 0) is 6.54 Å². The van der Waals surface area contributed by atoms with Gasteiger partial charge in [-0.1, -0.05) is 23.7 Å². The molecule has 146 valence electrons. The summed E-state index contributed by atoms with van der Waals surface area (Å²) in [6.45, 7) is 0.233. The number of carbonyl (C=O) groups excluding carboxylic acids is 2. The maximum Gasteiger partial charge on any atom is 0.319 e. The number of hydrogen-bond donors (Lipinski definition) is 3. The van der Waals surface area contributed by atoms with Crippen LogP contribution in [0.15, 0.2) is 60.7 Å². The molecular weight excluding hydrogens is 397 g/mol. The Bertz CT molecular complexity index is 1100. The lowest BCUT2D eigenvalue weighted by Crippen LogP contribution is -2.28. The molecule has 0 saturated carbocycles. The molecule has 0 bridgehead atoms. The van der Waals surface area contributed by atoms with Gasteiger partial charge in [0.05, 0.1) is 11.3 Å². The summed E-state index contributed by atoms with van der Waals surface area (Å²) in [6.07, 6.45) is 0. The van der Waals surface area contributed by atoms with E-state index < -0.39 is 6.03 Å². The number of nitrogens with one attached hydrogen (secondary N) is 3. The number of carbonyl (C=O) groups is 2. The van der Waals surface area contributed by atoms with Crippen LogP contribution in [0.3, 0.4) is 0 Å². The summed E-state index contributed by atoms with van der Waals surface area (Å²) in [6, 6.07) is 15.1. The van der Waals surface area contributed by atoms with Crippen LogP contribution in [-0.4, -0.2) is 11.9 Å². The van der Waals surface area contributed by atoms with Crippen LogP contribution < -0.4 is 20.7 Å². The van der Waals surface area contributed by atoms with Gasteiger partial charge >= 0.3 is 6.03 Å². The fourth-order valence-corrected chi connectivity index (χ4v) is 3.00. The highest BCUT2D eigenvalue weighted by molar-refractivity contribution is 6.31. The van der Waals surface area contributed by atoms with E-state index in [0.29, 0.717) is 27.9 Å². The third-order valence-electron chi connectivity index (χ3n) is 4.26. The Morgan fingerprint density at radius 2 is 1.79 bits per heavy atom. The summed E-state index contributed by atoms with van der Waals surface area (Å²) in [5.74, 6) is 0.115. The zero-order valence-electron chi connectivity index (χ0n) is 15.0. The molecule has 0 aromatic heterocycles. The minimum Gasteiger partial charge on any atom is -0.454 e. The van der Waals surface area contributed by atoms with Gasteiger partial charge in [0.15, 0.2) is 5.75 Å². The van der Waals surface area contributed by atoms with Gasteiger partial charge in [0.2, 0.25) is 0 Å². The first-order valence-corrected chi connectivity index (χ1v) is 9.08. The quantitative estimate of drug-likeness (QED) is 0.557. The summed E-state index contributed by atoms with van der Waals surface area (Å²) in [5, 5.41) is 8.55. The fourth-order valence-electron chi connectivity index (χ4n) is 2.83. The molecule has 0 atom stereocenters. The van der Waals surface area contributed by atoms with Crippen molar-refractivity contribution in [1.82, 2.24) is 5.32 Å². The Kier molecular flexibility index (Phi) is 5.05. The van der Waals surface area contributed by atoms with E-state index in [0.717, 1.165) is 5.56 Å². The molecular formula is C21H15ClFN3O3. The molecule has 1 aliphatic heterocycles. The maximum atomic E-state index is 12.9. The standard InChI is InChI=1S/C21H15ClFN3O3/c22-13-3-7-19-17(9-13)26-20(27)16-10-15(6-8-18(16)29-19)25-21(28)24-11-12-1-4-14(23)5-2-12/h1-10H,11H2,(H,26,27)(H2,24,25,28). The molecule has 0 aliphatic carbocycles. The van der Waals surface area contributed by atoms with Gasteiger partial charge in [-0.25, -0.2) is 9.18 Å². The highest BCUT2D eigenvalue weighted by atomic mass is 35.5. The molecule has 8 heteroatoms. The molecule has 0 saturated heterocycles. The number of benzene rings is 3. The van der Waals surface area contributed by atoms with E-state index >= 15 is 0 Å². The molecule has 3 amide bonds. The van der Waals surface area contributed by atoms with Crippen LogP contribution in [0.4, 0.5) is 20.6 Å². The SMILES string of the molecule is O=C(NCc1ccc(F)cc1)Nc1ccc2c(c1)C(=O)Nc1cc(Cl)ccc1O2. The average Bonchev–Trinajstić information content (AvgIpc) is 2.83. The van der Waals surface area contributed by atoms with Gasteiger partial charge in [0.25, 0.3) is 5.91 Å². The Morgan fingerprint density at radius 3 is 2.59 bits per heavy atom. The molecule has 0 radical (unpaired) electrons. The molecule has 3 aromatic rings. The molecule has 3 N–H and O–H groups in total. The second kappa shape index (κ2) is 7.81. The number of rotatable bonds is 3. The van der Waals surface area contributed by atoms with E-state index in [9.17, 15) is 14.0 Å². The first kappa shape index (κ1) is 18.8. The van der Waals surface area contributed by atoms with Crippen molar-refractivity contribution in [3.05, 3.63) is 82.6 Å². The van der Waals surface area contributed by atoms with E-state index in [1.54, 1.807) is 42.5 Å². The number of ether oxygens (including phenoxy) is 1. The summed E-state index contributed by atoms with van der Waals surface area (Å²) < 4.78 is 18.7. The number of hydrogen-bond acceptors (Lipinski definition) is 3. The van der Waals surface area contributed by atoms with Crippen molar-refractivity contribution in [3.63, 3.8) is 0 Å². The molecule has 0 unspecified atom stereocenters. The van der Waals surface area contributed by atoms with Gasteiger partial charge in [0, 0.05) is 17.3 Å². The predicted octanol–water partition coefficient (Wildman–Crippen LogP) is 5.16. The van der Waals surface area contributed by atoms with Crippen LogP contribution in [0, 0.1) is 5.82 Å². The van der Waals surface area contributed by atoms with E-state index in [1.165, 1.54) is 18.2 Å². The van der Waals surface area contributed by atoms with Gasteiger partial charge in [-0.3, -0.25) is 4.79 Å². The normalized spacial score (nSPS) is 12.0. The van der Waals surface area contributed by atoms with E-state index in [4.69, 9.17) is 16.3 Å². The average molecular weight is 412 g/mol. The molecule has 6 nitrogen and oxygen atoms in total. The van der Waals surface area contributed by atoms with Crippen molar-refractivity contribution in [3.8, 4) is 11.5 Å². The summed E-state index contributed by atoms with van der Waals surface area (Å²) in [4.78, 5) is 24.7. The number of fused-ring (bicyclic) bond motifs is 2. The first-order chi connectivity index (χ1) is 14.0. The van der Waals surface area contributed by atoms with Gasteiger partial charge in [-0.15, -0.1) is 0 Å². The number of anilines is 2. The topological polar surface area (TPSA) is 79.5 Å². The molecule has 29 heavy (non-hydrogen) atoms. The monoisotopic (exact) mass is 411 g/mol. The van der Waals surface area contributed by atoms with Gasteiger partial charge < -0.3 is 20.7 Å². The largest absolute Gasteiger partial charge is 0.454 e. The summed E-state index contributed by atoms with van der Waals surface area (Å²) >= 11 is 5.97. The predicted molar refractivity (Wildman–Crippen MR) is 108 cm³/mol. The smallest absolute Gasteiger partial charge is 0.319 e. The zero-order chi connectivity index (χ0) is 20.4. The third kappa shape index (κ3) is 4.30. The van der Waals surface area contributed by atoms with Crippen molar-refractivity contribution in [1.29, 1.82) is 0 Å². The van der Waals surface area contributed by atoms with E-state index in [1.807, 2.05) is 0 Å². The maximum absolute atomic E-state index is 12.9. The number of amides is 3. The molecule has 3 aromatic carbocycles. The molecule has 1 aliphatic rings. The van der Waals surface area contributed by atoms with Crippen molar-refractivity contribution < 1.29 is 18.7 Å². The Labute approximate surface area is 170 Å². The molecule has 0 spiro atoms. The second-order valence-corrected chi connectivity index (χ2v) is 6.78. The van der Waals surface area contributed by atoms with Crippen LogP contribution in [0.2, 0.25) is 5.02 Å². The number of urea groups is 1. The third-order valence-corrected chi connectivity index (χ3v) is 4.49. The highest BCUT2D eigenvalue weighted by Gasteiger charge is 2.21. The summed E-state index contributed by atoms with van der Waals surface area (Å²) in [5.41, 5.74) is 1.91. The first-order valence-electron chi connectivity index (χ1n) is 8.70. The lowest BCUT2D eigenvalue weighted by molar-refractivity contribution is 0.102. The van der Waals surface area contributed by atoms with Gasteiger partial charge in [-0.2, -0.15) is 0 Å². The van der Waals surface area contributed by atoms with Gasteiger partial charge in [-0.05, 0) is 54.1 Å². The van der Waals surface area contributed by atoms with Crippen LogP contribution in [0.5, 0.6) is 11.5 Å². The molecule has 1 heterocycles. The van der Waals surface area contributed by atoms with Crippen molar-refractivity contribution >= 4 is 34.9 Å². The fraction of sp³-hybridized carbons (Fsp3) is 0.0476. The van der Waals surface area contributed by atoms with Gasteiger partial charge in [0.1, 0.15) is 11.6 Å². The summed E-state index contributed by atoms with van der Waals surface area (Å²) in [7, 11) is 0. The zero-order valence-corrected chi connectivity index (χ0v) is 15.7. The van der Waals surface area contributed by atoms with Crippen LogP contribution in [0.1, 0.15) is 15.9 Å². The minimum atomic E-state index is -0.459. The van der Waals surface area contributed by atoms with Crippen molar-refractivity contribution in [2.75, 3.05) is 10.6 Å². The number of halogens is 2. The molecule has 4 rings (SSSR count). The molecule has 0 fully saturated rings. The Morgan fingerprint density at radius 1 is 1.03 bits per heavy atom. The Balaban J connectivity index is 1.46. The van der Waals surface area contributed by atoms with E-state index in [-0.39, 0.29) is 23.8 Å².